The first kappa shape index (κ1) is 23.2. The largest absolute Gasteiger partial charge is 0.351 e. The molecule has 3 aromatic rings. The van der Waals surface area contributed by atoms with E-state index in [1.54, 1.807) is 0 Å². The third-order valence-corrected chi connectivity index (χ3v) is 8.41. The van der Waals surface area contributed by atoms with E-state index >= 15 is 0 Å². The number of benzene rings is 1. The normalized spacial score (nSPS) is 25.6. The number of rotatable bonds is 6. The van der Waals surface area contributed by atoms with Gasteiger partial charge in [0.25, 0.3) is 10.2 Å². The summed E-state index contributed by atoms with van der Waals surface area (Å²) in [6, 6.07) is 10.5. The summed E-state index contributed by atoms with van der Waals surface area (Å²) >= 11 is 7.84. The summed E-state index contributed by atoms with van der Waals surface area (Å²) in [6.07, 6.45) is 3.51. The van der Waals surface area contributed by atoms with Crippen LogP contribution in [0.2, 0.25) is 0 Å². The minimum atomic E-state index is -3.62. The van der Waals surface area contributed by atoms with Gasteiger partial charge in [0.1, 0.15) is 16.7 Å². The summed E-state index contributed by atoms with van der Waals surface area (Å²) in [5.74, 6) is 1.05. The van der Waals surface area contributed by atoms with Crippen molar-refractivity contribution in [2.75, 3.05) is 26.2 Å². The number of halogens is 1. The SMILES string of the molecule is NS(=O)(=O)N1CCN(Cc2nc(C3CC(Cn4ccc5ccccc54)CC(Cl)O3)ns2)CC1. The molecule has 2 aromatic heterocycles. The predicted octanol–water partition coefficient (Wildman–Crippen LogP) is 2.55. The lowest BCUT2D eigenvalue weighted by atomic mass is 9.95. The fraction of sp³-hybridized carbons (Fsp3) is 0.524. The Morgan fingerprint density at radius 3 is 2.73 bits per heavy atom. The van der Waals surface area contributed by atoms with Crippen LogP contribution < -0.4 is 5.14 Å². The van der Waals surface area contributed by atoms with Gasteiger partial charge in [0.15, 0.2) is 5.82 Å². The molecule has 3 atom stereocenters. The molecule has 1 aromatic carbocycles. The fourth-order valence-corrected chi connectivity index (χ4v) is 6.42. The zero-order valence-corrected chi connectivity index (χ0v) is 20.5. The second-order valence-electron chi connectivity index (χ2n) is 8.67. The van der Waals surface area contributed by atoms with E-state index in [0.29, 0.717) is 44.5 Å². The molecule has 9 nitrogen and oxygen atoms in total. The molecule has 0 amide bonds. The molecular formula is C21H27ClN6O3S2. The first-order valence-corrected chi connectivity index (χ1v) is 13.7. The quantitative estimate of drug-likeness (QED) is 0.511. The number of para-hydroxylation sites is 1. The number of piperazine rings is 1. The van der Waals surface area contributed by atoms with Crippen molar-refractivity contribution >= 4 is 44.2 Å². The highest BCUT2D eigenvalue weighted by Gasteiger charge is 2.32. The number of hydrogen-bond acceptors (Lipinski definition) is 7. The minimum Gasteiger partial charge on any atom is -0.351 e. The second kappa shape index (κ2) is 9.57. The summed E-state index contributed by atoms with van der Waals surface area (Å²) in [6.45, 7) is 3.51. The highest BCUT2D eigenvalue weighted by molar-refractivity contribution is 7.86. The Hall–Kier alpha value is -1.60. The summed E-state index contributed by atoms with van der Waals surface area (Å²) in [5, 5.41) is 7.35. The van der Waals surface area contributed by atoms with Crippen molar-refractivity contribution in [2.45, 2.75) is 37.6 Å². The van der Waals surface area contributed by atoms with Crippen LogP contribution in [0.4, 0.5) is 0 Å². The Balaban J connectivity index is 1.21. The van der Waals surface area contributed by atoms with E-state index in [1.165, 1.54) is 26.7 Å². The van der Waals surface area contributed by atoms with Crippen LogP contribution in [0, 0.1) is 5.92 Å². The molecule has 0 aliphatic carbocycles. The third-order valence-electron chi connectivity index (χ3n) is 6.33. The lowest BCUT2D eigenvalue weighted by molar-refractivity contribution is -0.0403. The molecule has 2 aliphatic rings. The van der Waals surface area contributed by atoms with E-state index in [-0.39, 0.29) is 11.7 Å². The van der Waals surface area contributed by atoms with Crippen LogP contribution >= 0.6 is 23.1 Å². The van der Waals surface area contributed by atoms with E-state index in [4.69, 9.17) is 26.5 Å². The van der Waals surface area contributed by atoms with E-state index < -0.39 is 10.2 Å². The van der Waals surface area contributed by atoms with Gasteiger partial charge in [0, 0.05) is 44.4 Å². The maximum atomic E-state index is 11.5. The number of nitrogens with two attached hydrogens (primary N) is 1. The van der Waals surface area contributed by atoms with Crippen LogP contribution in [-0.2, 0) is 28.0 Å². The lowest BCUT2D eigenvalue weighted by Crippen LogP contribution is -2.50. The number of fused-ring (bicyclic) bond motifs is 1. The summed E-state index contributed by atoms with van der Waals surface area (Å²) in [5.41, 5.74) is 0.858. The molecule has 3 unspecified atom stereocenters. The summed E-state index contributed by atoms with van der Waals surface area (Å²) in [7, 11) is -3.62. The monoisotopic (exact) mass is 510 g/mol. The molecule has 0 spiro atoms. The van der Waals surface area contributed by atoms with E-state index in [1.807, 2.05) is 0 Å². The van der Waals surface area contributed by atoms with E-state index in [2.05, 4.69) is 50.4 Å². The van der Waals surface area contributed by atoms with Crippen molar-refractivity contribution in [3.63, 3.8) is 0 Å². The highest BCUT2D eigenvalue weighted by Crippen LogP contribution is 2.37. The molecule has 178 valence electrons. The van der Waals surface area contributed by atoms with Crippen LogP contribution in [0.1, 0.15) is 29.8 Å². The van der Waals surface area contributed by atoms with Crippen molar-refractivity contribution in [3.8, 4) is 0 Å². The van der Waals surface area contributed by atoms with Gasteiger partial charge in [-0.15, -0.1) is 0 Å². The molecule has 0 saturated carbocycles. The van der Waals surface area contributed by atoms with Crippen molar-refractivity contribution in [2.24, 2.45) is 11.1 Å². The van der Waals surface area contributed by atoms with Crippen LogP contribution in [0.15, 0.2) is 36.5 Å². The first-order chi connectivity index (χ1) is 15.8. The third kappa shape index (κ3) is 5.40. The number of aromatic nitrogens is 3. The van der Waals surface area contributed by atoms with Gasteiger partial charge >= 0.3 is 0 Å². The van der Waals surface area contributed by atoms with Crippen molar-refractivity contribution in [1.29, 1.82) is 0 Å². The molecule has 2 saturated heterocycles. The fourth-order valence-electron chi connectivity index (χ4n) is 4.64. The predicted molar refractivity (Wildman–Crippen MR) is 128 cm³/mol. The molecule has 0 bridgehead atoms. The van der Waals surface area contributed by atoms with Gasteiger partial charge in [-0.1, -0.05) is 29.8 Å². The second-order valence-corrected chi connectivity index (χ2v) is 11.5. The minimum absolute atomic E-state index is 0.225. The molecule has 2 fully saturated rings. The van der Waals surface area contributed by atoms with Crippen LogP contribution in [0.25, 0.3) is 10.9 Å². The van der Waals surface area contributed by atoms with Gasteiger partial charge in [-0.25, -0.2) is 10.1 Å². The molecule has 33 heavy (non-hydrogen) atoms. The van der Waals surface area contributed by atoms with Crippen molar-refractivity contribution in [3.05, 3.63) is 47.4 Å². The maximum Gasteiger partial charge on any atom is 0.276 e. The first-order valence-electron chi connectivity index (χ1n) is 11.0. The number of ether oxygens (including phenoxy) is 1. The van der Waals surface area contributed by atoms with E-state index in [0.717, 1.165) is 24.4 Å². The van der Waals surface area contributed by atoms with Crippen molar-refractivity contribution in [1.82, 2.24) is 23.1 Å². The van der Waals surface area contributed by atoms with Crippen LogP contribution in [0.5, 0.6) is 0 Å². The zero-order chi connectivity index (χ0) is 23.0. The summed E-state index contributed by atoms with van der Waals surface area (Å²) < 4.78 is 37.1. The molecule has 2 N–H and O–H groups in total. The number of alkyl halides is 1. The lowest BCUT2D eigenvalue weighted by Gasteiger charge is -2.32. The highest BCUT2D eigenvalue weighted by atomic mass is 35.5. The summed E-state index contributed by atoms with van der Waals surface area (Å²) in [4.78, 5) is 6.90. The number of hydrogen-bond donors (Lipinski definition) is 1. The maximum absolute atomic E-state index is 11.5. The molecule has 12 heteroatoms. The Morgan fingerprint density at radius 2 is 1.94 bits per heavy atom. The standard InChI is InChI=1S/C21H27ClN6O3S2/c22-19-12-15(13-27-6-5-16-3-1-2-4-17(16)27)11-18(31-19)21-24-20(32-25-21)14-26-7-9-28(10-8-26)33(23,29)30/h1-6,15,18-19H,7-14H2,(H2,23,29,30). The Bertz CT molecular complexity index is 1210. The molecule has 2 aliphatic heterocycles. The van der Waals surface area contributed by atoms with Crippen LogP contribution in [-0.4, -0.2) is 63.3 Å². The Labute approximate surface area is 202 Å². The van der Waals surface area contributed by atoms with Gasteiger partial charge in [0.05, 0.1) is 6.54 Å². The average molecular weight is 511 g/mol. The van der Waals surface area contributed by atoms with Gasteiger partial charge in [-0.3, -0.25) is 4.90 Å². The molecule has 0 radical (unpaired) electrons. The zero-order valence-electron chi connectivity index (χ0n) is 18.1. The number of nitrogens with zero attached hydrogens (tertiary/aromatic N) is 5. The molecule has 5 rings (SSSR count). The van der Waals surface area contributed by atoms with Gasteiger partial charge in [-0.05, 0) is 47.8 Å². The van der Waals surface area contributed by atoms with Crippen LogP contribution in [0.3, 0.4) is 0 Å². The average Bonchev–Trinajstić information content (AvgIpc) is 3.41. The van der Waals surface area contributed by atoms with Crippen molar-refractivity contribution < 1.29 is 13.2 Å². The van der Waals surface area contributed by atoms with E-state index in [9.17, 15) is 8.42 Å². The topological polar surface area (TPSA) is 107 Å². The molecule has 4 heterocycles. The van der Waals surface area contributed by atoms with Gasteiger partial charge in [-0.2, -0.15) is 17.1 Å². The Morgan fingerprint density at radius 1 is 1.15 bits per heavy atom. The van der Waals surface area contributed by atoms with Gasteiger partial charge < -0.3 is 9.30 Å². The van der Waals surface area contributed by atoms with Gasteiger partial charge in [0.2, 0.25) is 0 Å². The molecular weight excluding hydrogens is 484 g/mol. The Kier molecular flexibility index (Phi) is 6.72. The smallest absolute Gasteiger partial charge is 0.276 e.